The molecule has 0 saturated heterocycles. The van der Waals surface area contributed by atoms with Crippen LogP contribution in [0.25, 0.3) is 11.2 Å². The first-order chi connectivity index (χ1) is 15.2. The number of benzene rings is 1. The fourth-order valence-electron chi connectivity index (χ4n) is 2.80. The zero-order valence-corrected chi connectivity index (χ0v) is 19.1. The second-order valence-corrected chi connectivity index (χ2v) is 8.75. The normalized spacial score (nSPS) is 12.3. The molecule has 0 amide bonds. The highest BCUT2D eigenvalue weighted by atomic mass is 32.2. The van der Waals surface area contributed by atoms with Crippen molar-refractivity contribution in [1.82, 2.24) is 19.1 Å². The molecule has 0 spiro atoms. The quantitative estimate of drug-likeness (QED) is 0.360. The monoisotopic (exact) mass is 462 g/mol. The fourth-order valence-corrected chi connectivity index (χ4v) is 3.57. The lowest BCUT2D eigenvalue weighted by Gasteiger charge is -2.12. The van der Waals surface area contributed by atoms with E-state index in [2.05, 4.69) is 9.97 Å². The minimum absolute atomic E-state index is 0.0324. The van der Waals surface area contributed by atoms with Gasteiger partial charge in [-0.25, -0.2) is 14.6 Å². The number of thioether (sulfide) groups is 1. The Labute approximate surface area is 188 Å². The van der Waals surface area contributed by atoms with Gasteiger partial charge in [-0.2, -0.15) is 0 Å². The molecule has 1 aromatic carbocycles. The number of aliphatic hydroxyl groups excluding tert-OH is 1. The summed E-state index contributed by atoms with van der Waals surface area (Å²) in [5.41, 5.74) is 0.00814. The Kier molecular flexibility index (Phi) is 7.41. The molecular weight excluding hydrogens is 436 g/mol. The number of imidazole rings is 1. The first-order valence-corrected chi connectivity index (χ1v) is 11.0. The van der Waals surface area contributed by atoms with Gasteiger partial charge in [-0.3, -0.25) is 13.9 Å². The Balaban J connectivity index is 1.53. The maximum atomic E-state index is 12.2. The van der Waals surface area contributed by atoms with E-state index in [1.165, 1.54) is 30.4 Å². The van der Waals surface area contributed by atoms with Gasteiger partial charge in [0.05, 0.1) is 18.3 Å². The maximum Gasteiger partial charge on any atom is 0.338 e. The number of hydrogen-bond acceptors (Lipinski definition) is 8. The van der Waals surface area contributed by atoms with Crippen LogP contribution in [0.4, 0.5) is 0 Å². The van der Waals surface area contributed by atoms with E-state index in [1.54, 1.807) is 24.3 Å². The lowest BCUT2D eigenvalue weighted by Crippen LogP contribution is -2.36. The van der Waals surface area contributed by atoms with Crippen molar-refractivity contribution in [2.75, 3.05) is 19.0 Å². The number of esters is 1. The number of nitrogens with zero attached hydrogens (tertiary/aromatic N) is 3. The molecule has 1 atom stereocenters. The van der Waals surface area contributed by atoms with Gasteiger partial charge in [0, 0.05) is 19.8 Å². The molecule has 0 unspecified atom stereocenters. The van der Waals surface area contributed by atoms with Gasteiger partial charge in [0.25, 0.3) is 5.56 Å². The van der Waals surface area contributed by atoms with Gasteiger partial charge in [-0.1, -0.05) is 25.6 Å². The van der Waals surface area contributed by atoms with E-state index in [0.717, 1.165) is 4.57 Å². The zero-order valence-electron chi connectivity index (χ0n) is 18.3. The number of ether oxygens (including phenoxy) is 2. The van der Waals surface area contributed by atoms with Crippen LogP contribution in [0, 0.1) is 5.92 Å². The number of carbonyl (C=O) groups is 1. The molecule has 10 nitrogen and oxygen atoms in total. The lowest BCUT2D eigenvalue weighted by molar-refractivity contribution is 0.0459. The highest BCUT2D eigenvalue weighted by Crippen LogP contribution is 2.19. The third-order valence-corrected chi connectivity index (χ3v) is 5.58. The first-order valence-electron chi connectivity index (χ1n) is 10.0. The summed E-state index contributed by atoms with van der Waals surface area (Å²) < 4.78 is 13.1. The first kappa shape index (κ1) is 23.6. The molecule has 0 saturated carbocycles. The van der Waals surface area contributed by atoms with E-state index in [4.69, 9.17) is 9.47 Å². The van der Waals surface area contributed by atoms with Crippen molar-refractivity contribution >= 4 is 28.9 Å². The van der Waals surface area contributed by atoms with E-state index in [1.807, 2.05) is 13.8 Å². The topological polar surface area (TPSA) is 128 Å². The number of carbonyl (C=O) groups excluding carboxylic acids is 1. The Hall–Kier alpha value is -3.05. The summed E-state index contributed by atoms with van der Waals surface area (Å²) in [7, 11) is 2.94. The maximum absolute atomic E-state index is 12.2. The van der Waals surface area contributed by atoms with Crippen LogP contribution in [0.2, 0.25) is 0 Å². The average Bonchev–Trinajstić information content (AvgIpc) is 3.22. The SMILES string of the molecule is CC(C)COC(=O)c1ccc(OC[C@H](O)CSc2nc3c([nH]2)c(=O)n(C)c(=O)n3C)cc1. The van der Waals surface area contributed by atoms with Crippen LogP contribution in [-0.4, -0.2) is 55.2 Å². The number of aromatic nitrogens is 4. The van der Waals surface area contributed by atoms with Crippen LogP contribution in [0.5, 0.6) is 5.75 Å². The number of H-pyrrole nitrogens is 1. The number of aryl methyl sites for hydroxylation is 1. The number of aliphatic hydroxyl groups is 1. The van der Waals surface area contributed by atoms with Crippen LogP contribution in [0.1, 0.15) is 24.2 Å². The molecule has 2 N–H and O–H groups in total. The van der Waals surface area contributed by atoms with Crippen molar-refractivity contribution in [1.29, 1.82) is 0 Å². The summed E-state index contributed by atoms with van der Waals surface area (Å²) in [6, 6.07) is 6.50. The van der Waals surface area contributed by atoms with Crippen molar-refractivity contribution in [3.05, 3.63) is 50.7 Å². The molecule has 3 aromatic rings. The zero-order chi connectivity index (χ0) is 23.4. The Morgan fingerprint density at radius 3 is 2.50 bits per heavy atom. The van der Waals surface area contributed by atoms with Crippen molar-refractivity contribution in [2.45, 2.75) is 25.1 Å². The third kappa shape index (κ3) is 5.40. The van der Waals surface area contributed by atoms with E-state index in [9.17, 15) is 19.5 Å². The number of nitrogens with one attached hydrogen (secondary N) is 1. The molecule has 2 heterocycles. The number of rotatable bonds is 9. The number of hydrogen-bond donors (Lipinski definition) is 2. The van der Waals surface area contributed by atoms with E-state index < -0.39 is 17.4 Å². The molecule has 0 fully saturated rings. The van der Waals surface area contributed by atoms with Gasteiger partial charge in [0.2, 0.25) is 0 Å². The van der Waals surface area contributed by atoms with E-state index in [0.29, 0.717) is 23.1 Å². The Morgan fingerprint density at radius 2 is 1.84 bits per heavy atom. The highest BCUT2D eigenvalue weighted by Gasteiger charge is 2.15. The molecule has 32 heavy (non-hydrogen) atoms. The van der Waals surface area contributed by atoms with Crippen LogP contribution in [-0.2, 0) is 18.8 Å². The predicted octanol–water partition coefficient (Wildman–Crippen LogP) is 1.31. The molecule has 0 bridgehead atoms. The van der Waals surface area contributed by atoms with Crippen LogP contribution < -0.4 is 16.0 Å². The average molecular weight is 463 g/mol. The molecule has 172 valence electrons. The molecule has 0 aliphatic carbocycles. The third-order valence-electron chi connectivity index (χ3n) is 4.57. The van der Waals surface area contributed by atoms with Crippen LogP contribution in [0.15, 0.2) is 39.0 Å². The van der Waals surface area contributed by atoms with E-state index >= 15 is 0 Å². The summed E-state index contributed by atoms with van der Waals surface area (Å²) >= 11 is 1.21. The van der Waals surface area contributed by atoms with Crippen molar-refractivity contribution in [3.63, 3.8) is 0 Å². The predicted molar refractivity (Wildman–Crippen MR) is 120 cm³/mol. The van der Waals surface area contributed by atoms with Gasteiger partial charge in [0.15, 0.2) is 16.3 Å². The van der Waals surface area contributed by atoms with Gasteiger partial charge in [-0.05, 0) is 30.2 Å². The summed E-state index contributed by atoms with van der Waals surface area (Å²) in [6.45, 7) is 4.32. The summed E-state index contributed by atoms with van der Waals surface area (Å²) in [5, 5.41) is 10.6. The minimum atomic E-state index is -0.810. The Bertz CT molecular complexity index is 1210. The minimum Gasteiger partial charge on any atom is -0.491 e. The Morgan fingerprint density at radius 1 is 1.16 bits per heavy atom. The summed E-state index contributed by atoms with van der Waals surface area (Å²) in [6.07, 6.45) is -0.810. The van der Waals surface area contributed by atoms with Crippen molar-refractivity contribution < 1.29 is 19.4 Å². The van der Waals surface area contributed by atoms with Gasteiger partial charge < -0.3 is 19.6 Å². The summed E-state index contributed by atoms with van der Waals surface area (Å²) in [4.78, 5) is 43.3. The van der Waals surface area contributed by atoms with Crippen molar-refractivity contribution in [3.8, 4) is 5.75 Å². The van der Waals surface area contributed by atoms with Crippen molar-refractivity contribution in [2.24, 2.45) is 20.0 Å². The fraction of sp³-hybridized carbons (Fsp3) is 0.429. The molecule has 11 heteroatoms. The molecule has 0 aliphatic rings. The number of aromatic amines is 1. The number of fused-ring (bicyclic) bond motifs is 1. The lowest BCUT2D eigenvalue weighted by atomic mass is 10.2. The van der Waals surface area contributed by atoms with Gasteiger partial charge in [-0.15, -0.1) is 0 Å². The summed E-state index contributed by atoms with van der Waals surface area (Å²) in [5.74, 6) is 0.641. The molecule has 0 aliphatic heterocycles. The molecule has 3 rings (SSSR count). The largest absolute Gasteiger partial charge is 0.491 e. The molecular formula is C21H26N4O6S. The van der Waals surface area contributed by atoms with Gasteiger partial charge in [0.1, 0.15) is 12.4 Å². The highest BCUT2D eigenvalue weighted by molar-refractivity contribution is 7.99. The van der Waals surface area contributed by atoms with E-state index in [-0.39, 0.29) is 35.4 Å². The standard InChI is InChI=1S/C21H26N4O6S/c1-12(2)9-31-19(28)13-5-7-15(8-6-13)30-10-14(26)11-32-20-22-16-17(23-20)24(3)21(29)25(4)18(16)27/h5-8,12,14,26H,9-11H2,1-4H3,(H,22,23)/t14-/m0/s1. The van der Waals surface area contributed by atoms with Crippen LogP contribution >= 0.6 is 11.8 Å². The van der Waals surface area contributed by atoms with Gasteiger partial charge >= 0.3 is 11.7 Å². The molecule has 2 aromatic heterocycles. The second kappa shape index (κ2) is 10.0. The smallest absolute Gasteiger partial charge is 0.338 e. The molecule has 0 radical (unpaired) electrons. The second-order valence-electron chi connectivity index (χ2n) is 7.74. The van der Waals surface area contributed by atoms with Crippen LogP contribution in [0.3, 0.4) is 0 Å².